The number of hydrogen-bond acceptors (Lipinski definition) is 2. The molecule has 4 nitrogen and oxygen atoms in total. The van der Waals surface area contributed by atoms with Gasteiger partial charge in [0.05, 0.1) is 0 Å². The first kappa shape index (κ1) is 17.5. The standard InChI is InChI=1S/C17H29N3O/c1-5-7-8-12-20(4)17(21)19-16-11-9-10-15(13-16)14(3)18-6-2/h9-11,13-14,18H,5-8,12H2,1-4H3,(H,19,21). The van der Waals surface area contributed by atoms with Crippen molar-refractivity contribution in [3.05, 3.63) is 29.8 Å². The predicted octanol–water partition coefficient (Wildman–Crippen LogP) is 4.01. The van der Waals surface area contributed by atoms with Crippen molar-refractivity contribution in [3.8, 4) is 0 Å². The van der Waals surface area contributed by atoms with Gasteiger partial charge < -0.3 is 15.5 Å². The average molecular weight is 291 g/mol. The lowest BCUT2D eigenvalue weighted by atomic mass is 10.1. The van der Waals surface area contributed by atoms with E-state index in [1.807, 2.05) is 25.2 Å². The second-order valence-corrected chi connectivity index (χ2v) is 5.46. The Morgan fingerprint density at radius 3 is 2.71 bits per heavy atom. The summed E-state index contributed by atoms with van der Waals surface area (Å²) in [5.41, 5.74) is 2.04. The van der Waals surface area contributed by atoms with Crippen LogP contribution in [0.4, 0.5) is 10.5 Å². The Kier molecular flexibility index (Phi) is 7.83. The molecule has 1 rings (SSSR count). The van der Waals surface area contributed by atoms with Gasteiger partial charge in [0.25, 0.3) is 0 Å². The Bertz CT molecular complexity index is 434. The molecule has 0 heterocycles. The first-order chi connectivity index (χ1) is 10.1. The Hall–Kier alpha value is -1.55. The number of carbonyl (C=O) groups is 1. The molecule has 0 radical (unpaired) electrons. The number of rotatable bonds is 8. The molecule has 118 valence electrons. The summed E-state index contributed by atoms with van der Waals surface area (Å²) in [4.78, 5) is 13.9. The Labute approximate surface area is 128 Å². The highest BCUT2D eigenvalue weighted by Crippen LogP contribution is 2.17. The lowest BCUT2D eigenvalue weighted by Gasteiger charge is -2.19. The van der Waals surface area contributed by atoms with Gasteiger partial charge >= 0.3 is 6.03 Å². The maximum Gasteiger partial charge on any atom is 0.321 e. The number of amides is 2. The molecule has 2 N–H and O–H groups in total. The minimum atomic E-state index is -0.0423. The Morgan fingerprint density at radius 1 is 1.29 bits per heavy atom. The van der Waals surface area contributed by atoms with E-state index in [0.29, 0.717) is 0 Å². The van der Waals surface area contributed by atoms with Crippen molar-refractivity contribution in [3.63, 3.8) is 0 Å². The highest BCUT2D eigenvalue weighted by Gasteiger charge is 2.09. The van der Waals surface area contributed by atoms with Gasteiger partial charge in [0, 0.05) is 25.3 Å². The number of unbranched alkanes of at least 4 members (excludes halogenated alkanes) is 2. The molecule has 1 atom stereocenters. The van der Waals surface area contributed by atoms with Gasteiger partial charge in [0.2, 0.25) is 0 Å². The van der Waals surface area contributed by atoms with Crippen molar-refractivity contribution in [2.24, 2.45) is 0 Å². The van der Waals surface area contributed by atoms with Crippen LogP contribution in [0.1, 0.15) is 51.6 Å². The third-order valence-electron chi connectivity index (χ3n) is 3.59. The van der Waals surface area contributed by atoms with Gasteiger partial charge in [-0.1, -0.05) is 38.8 Å². The predicted molar refractivity (Wildman–Crippen MR) is 89.7 cm³/mol. The first-order valence-corrected chi connectivity index (χ1v) is 7.94. The Morgan fingerprint density at radius 2 is 2.05 bits per heavy atom. The molecule has 4 heteroatoms. The number of hydrogen-bond donors (Lipinski definition) is 2. The largest absolute Gasteiger partial charge is 0.328 e. The fraction of sp³-hybridized carbons (Fsp3) is 0.588. The fourth-order valence-corrected chi connectivity index (χ4v) is 2.23. The molecular formula is C17H29N3O. The van der Waals surface area contributed by atoms with E-state index in [2.05, 4.69) is 37.5 Å². The van der Waals surface area contributed by atoms with Crippen molar-refractivity contribution in [2.45, 2.75) is 46.1 Å². The zero-order valence-corrected chi connectivity index (χ0v) is 13.8. The molecule has 0 fully saturated rings. The lowest BCUT2D eigenvalue weighted by Crippen LogP contribution is -2.32. The maximum absolute atomic E-state index is 12.1. The van der Waals surface area contributed by atoms with Crippen LogP contribution < -0.4 is 10.6 Å². The van der Waals surface area contributed by atoms with Gasteiger partial charge in [-0.05, 0) is 37.6 Å². The molecule has 0 spiro atoms. The minimum absolute atomic E-state index is 0.0423. The van der Waals surface area contributed by atoms with Crippen molar-refractivity contribution in [2.75, 3.05) is 25.5 Å². The van der Waals surface area contributed by atoms with E-state index >= 15 is 0 Å². The molecule has 21 heavy (non-hydrogen) atoms. The van der Waals surface area contributed by atoms with Crippen molar-refractivity contribution in [1.29, 1.82) is 0 Å². The third kappa shape index (κ3) is 6.17. The summed E-state index contributed by atoms with van der Waals surface area (Å²) in [5.74, 6) is 0. The van der Waals surface area contributed by atoms with Gasteiger partial charge in [-0.3, -0.25) is 0 Å². The van der Waals surface area contributed by atoms with E-state index in [9.17, 15) is 4.79 Å². The highest BCUT2D eigenvalue weighted by molar-refractivity contribution is 5.89. The number of carbonyl (C=O) groups excluding carboxylic acids is 1. The van der Waals surface area contributed by atoms with Crippen LogP contribution in [0.2, 0.25) is 0 Å². The van der Waals surface area contributed by atoms with E-state index in [4.69, 9.17) is 0 Å². The third-order valence-corrected chi connectivity index (χ3v) is 3.59. The summed E-state index contributed by atoms with van der Waals surface area (Å²) in [5, 5.41) is 6.34. The second-order valence-electron chi connectivity index (χ2n) is 5.46. The minimum Gasteiger partial charge on any atom is -0.328 e. The SMILES string of the molecule is CCCCCN(C)C(=O)Nc1cccc(C(C)NCC)c1. The van der Waals surface area contributed by atoms with Crippen molar-refractivity contribution in [1.82, 2.24) is 10.2 Å². The Balaban J connectivity index is 2.57. The molecule has 2 amide bonds. The molecule has 0 aliphatic rings. The van der Waals surface area contributed by atoms with E-state index in [0.717, 1.165) is 31.6 Å². The molecular weight excluding hydrogens is 262 g/mol. The van der Waals surface area contributed by atoms with Gasteiger partial charge in [0.15, 0.2) is 0 Å². The molecule has 0 saturated carbocycles. The average Bonchev–Trinajstić information content (AvgIpc) is 2.48. The highest BCUT2D eigenvalue weighted by atomic mass is 16.2. The summed E-state index contributed by atoms with van der Waals surface area (Å²) in [7, 11) is 1.84. The number of nitrogens with one attached hydrogen (secondary N) is 2. The summed E-state index contributed by atoms with van der Waals surface area (Å²) >= 11 is 0. The van der Waals surface area contributed by atoms with Crippen LogP contribution in [0.25, 0.3) is 0 Å². The first-order valence-electron chi connectivity index (χ1n) is 7.94. The molecule has 0 aliphatic heterocycles. The molecule has 0 aromatic heterocycles. The maximum atomic E-state index is 12.1. The summed E-state index contributed by atoms with van der Waals surface area (Å²) < 4.78 is 0. The molecule has 1 aromatic rings. The van der Waals surface area contributed by atoms with Crippen LogP contribution in [-0.2, 0) is 0 Å². The zero-order valence-electron chi connectivity index (χ0n) is 13.8. The summed E-state index contributed by atoms with van der Waals surface area (Å²) in [6.07, 6.45) is 3.38. The zero-order chi connectivity index (χ0) is 15.7. The topological polar surface area (TPSA) is 44.4 Å². The van der Waals surface area contributed by atoms with E-state index < -0.39 is 0 Å². The summed E-state index contributed by atoms with van der Waals surface area (Å²) in [6, 6.07) is 8.27. The van der Waals surface area contributed by atoms with Gasteiger partial charge in [-0.15, -0.1) is 0 Å². The molecule has 0 saturated heterocycles. The van der Waals surface area contributed by atoms with Crippen LogP contribution in [0, 0.1) is 0 Å². The number of anilines is 1. The van der Waals surface area contributed by atoms with Gasteiger partial charge in [0.1, 0.15) is 0 Å². The van der Waals surface area contributed by atoms with E-state index in [1.165, 1.54) is 12.0 Å². The van der Waals surface area contributed by atoms with Crippen molar-refractivity contribution >= 4 is 11.7 Å². The van der Waals surface area contributed by atoms with Crippen LogP contribution in [0.15, 0.2) is 24.3 Å². The molecule has 1 unspecified atom stereocenters. The van der Waals surface area contributed by atoms with Gasteiger partial charge in [-0.25, -0.2) is 4.79 Å². The van der Waals surface area contributed by atoms with Crippen molar-refractivity contribution < 1.29 is 4.79 Å². The van der Waals surface area contributed by atoms with Crippen LogP contribution in [0.5, 0.6) is 0 Å². The number of urea groups is 1. The van der Waals surface area contributed by atoms with E-state index in [-0.39, 0.29) is 12.1 Å². The smallest absolute Gasteiger partial charge is 0.321 e. The summed E-state index contributed by atoms with van der Waals surface area (Å²) in [6.45, 7) is 8.11. The lowest BCUT2D eigenvalue weighted by molar-refractivity contribution is 0.221. The number of nitrogens with zero attached hydrogens (tertiary/aromatic N) is 1. The monoisotopic (exact) mass is 291 g/mol. The van der Waals surface area contributed by atoms with Crippen LogP contribution in [-0.4, -0.2) is 31.1 Å². The second kappa shape index (κ2) is 9.40. The molecule has 0 aliphatic carbocycles. The van der Waals surface area contributed by atoms with Crippen LogP contribution in [0.3, 0.4) is 0 Å². The van der Waals surface area contributed by atoms with Gasteiger partial charge in [-0.2, -0.15) is 0 Å². The van der Waals surface area contributed by atoms with E-state index in [1.54, 1.807) is 4.90 Å². The molecule has 0 bridgehead atoms. The fourth-order valence-electron chi connectivity index (χ4n) is 2.23. The number of benzene rings is 1. The van der Waals surface area contributed by atoms with Crippen LogP contribution >= 0.6 is 0 Å². The normalized spacial score (nSPS) is 12.0. The quantitative estimate of drug-likeness (QED) is 0.711. The molecule has 1 aromatic carbocycles.